The highest BCUT2D eigenvalue weighted by Gasteiger charge is 2.35. The van der Waals surface area contributed by atoms with Gasteiger partial charge in [0.15, 0.2) is 17.4 Å². The third-order valence-electron chi connectivity index (χ3n) is 3.28. The maximum atomic E-state index is 13.9. The summed E-state index contributed by atoms with van der Waals surface area (Å²) in [4.78, 5) is 0. The highest BCUT2D eigenvalue weighted by molar-refractivity contribution is 5.31. The SMILES string of the molecule is CCOc1ccc(C2(C)OCC(NC)CO2)cc1F. The number of ether oxygens (including phenoxy) is 3. The first-order valence-electron chi connectivity index (χ1n) is 6.47. The van der Waals surface area contributed by atoms with Crippen molar-refractivity contribution in [3.05, 3.63) is 29.6 Å². The van der Waals surface area contributed by atoms with Gasteiger partial charge in [-0.3, -0.25) is 0 Å². The predicted molar refractivity (Wildman–Crippen MR) is 69.7 cm³/mol. The predicted octanol–water partition coefficient (Wildman–Crippen LogP) is 2.03. The van der Waals surface area contributed by atoms with Crippen molar-refractivity contribution < 1.29 is 18.6 Å². The maximum absolute atomic E-state index is 13.9. The summed E-state index contributed by atoms with van der Waals surface area (Å²) in [6, 6.07) is 4.95. The Morgan fingerprint density at radius 1 is 1.42 bits per heavy atom. The number of benzene rings is 1. The average Bonchev–Trinajstić information content (AvgIpc) is 2.42. The summed E-state index contributed by atoms with van der Waals surface area (Å²) in [7, 11) is 1.86. The van der Waals surface area contributed by atoms with Crippen LogP contribution >= 0.6 is 0 Å². The van der Waals surface area contributed by atoms with E-state index in [9.17, 15) is 4.39 Å². The van der Waals surface area contributed by atoms with Crippen molar-refractivity contribution in [1.82, 2.24) is 5.32 Å². The minimum absolute atomic E-state index is 0.167. The molecule has 0 bridgehead atoms. The smallest absolute Gasteiger partial charge is 0.192 e. The van der Waals surface area contributed by atoms with Crippen molar-refractivity contribution >= 4 is 0 Å². The van der Waals surface area contributed by atoms with Crippen LogP contribution in [-0.2, 0) is 15.3 Å². The van der Waals surface area contributed by atoms with Gasteiger partial charge in [0, 0.05) is 5.56 Å². The van der Waals surface area contributed by atoms with Gasteiger partial charge in [-0.25, -0.2) is 4.39 Å². The van der Waals surface area contributed by atoms with Gasteiger partial charge in [-0.2, -0.15) is 0 Å². The van der Waals surface area contributed by atoms with Crippen LogP contribution in [0, 0.1) is 5.82 Å². The number of likely N-dealkylation sites (N-methyl/N-ethyl adjacent to an activating group) is 1. The summed E-state index contributed by atoms with van der Waals surface area (Å²) in [6.45, 7) is 5.11. The molecule has 0 unspecified atom stereocenters. The second-order valence-corrected chi connectivity index (χ2v) is 4.63. The van der Waals surface area contributed by atoms with Gasteiger partial charge in [0.1, 0.15) is 0 Å². The summed E-state index contributed by atoms with van der Waals surface area (Å²) >= 11 is 0. The number of hydrogen-bond donors (Lipinski definition) is 1. The zero-order valence-electron chi connectivity index (χ0n) is 11.5. The first-order valence-corrected chi connectivity index (χ1v) is 6.47. The number of hydrogen-bond acceptors (Lipinski definition) is 4. The van der Waals surface area contributed by atoms with Gasteiger partial charge in [-0.15, -0.1) is 0 Å². The van der Waals surface area contributed by atoms with E-state index in [0.29, 0.717) is 25.4 Å². The molecule has 2 rings (SSSR count). The van der Waals surface area contributed by atoms with Crippen LogP contribution in [0.15, 0.2) is 18.2 Å². The molecule has 0 saturated carbocycles. The Balaban J connectivity index is 2.15. The number of nitrogens with one attached hydrogen (secondary N) is 1. The summed E-state index contributed by atoms with van der Waals surface area (Å²) in [5, 5.41) is 3.09. The fraction of sp³-hybridized carbons (Fsp3) is 0.571. The van der Waals surface area contributed by atoms with Gasteiger partial charge in [-0.1, -0.05) is 0 Å². The molecule has 0 aliphatic carbocycles. The molecular weight excluding hydrogens is 249 g/mol. The molecule has 4 nitrogen and oxygen atoms in total. The van der Waals surface area contributed by atoms with Crippen LogP contribution in [0.5, 0.6) is 5.75 Å². The molecule has 0 spiro atoms. The summed E-state index contributed by atoms with van der Waals surface area (Å²) in [5.74, 6) is -1.05. The van der Waals surface area contributed by atoms with Crippen molar-refractivity contribution in [2.75, 3.05) is 26.9 Å². The average molecular weight is 269 g/mol. The van der Waals surface area contributed by atoms with Crippen molar-refractivity contribution in [1.29, 1.82) is 0 Å². The molecule has 5 heteroatoms. The van der Waals surface area contributed by atoms with E-state index in [1.54, 1.807) is 19.1 Å². The van der Waals surface area contributed by atoms with Crippen LogP contribution in [0.2, 0.25) is 0 Å². The van der Waals surface area contributed by atoms with Crippen molar-refractivity contribution in [2.45, 2.75) is 25.7 Å². The molecule has 106 valence electrons. The van der Waals surface area contributed by atoms with Gasteiger partial charge in [-0.05, 0) is 39.1 Å². The molecule has 1 fully saturated rings. The summed E-state index contributed by atoms with van der Waals surface area (Å²) < 4.78 is 30.5. The molecule has 1 N–H and O–H groups in total. The molecule has 1 saturated heterocycles. The topological polar surface area (TPSA) is 39.7 Å². The normalized spacial score (nSPS) is 27.3. The molecule has 1 heterocycles. The zero-order valence-corrected chi connectivity index (χ0v) is 11.5. The third-order valence-corrected chi connectivity index (χ3v) is 3.28. The van der Waals surface area contributed by atoms with E-state index in [1.165, 1.54) is 6.07 Å². The van der Waals surface area contributed by atoms with Crippen molar-refractivity contribution in [2.24, 2.45) is 0 Å². The largest absolute Gasteiger partial charge is 0.491 e. The van der Waals surface area contributed by atoms with Gasteiger partial charge in [0.2, 0.25) is 0 Å². The molecule has 1 aromatic rings. The molecule has 0 radical (unpaired) electrons. The van der Waals surface area contributed by atoms with E-state index in [4.69, 9.17) is 14.2 Å². The Morgan fingerprint density at radius 3 is 2.63 bits per heavy atom. The van der Waals surface area contributed by atoms with Gasteiger partial charge >= 0.3 is 0 Å². The quantitative estimate of drug-likeness (QED) is 0.908. The highest BCUT2D eigenvalue weighted by atomic mass is 19.1. The molecule has 0 atom stereocenters. The second kappa shape index (κ2) is 5.86. The first kappa shape index (κ1) is 14.2. The first-order chi connectivity index (χ1) is 9.09. The van der Waals surface area contributed by atoms with E-state index in [0.717, 1.165) is 0 Å². The van der Waals surface area contributed by atoms with E-state index in [-0.39, 0.29) is 11.8 Å². The Morgan fingerprint density at radius 2 is 2.11 bits per heavy atom. The van der Waals surface area contributed by atoms with Crippen molar-refractivity contribution in [3.63, 3.8) is 0 Å². The van der Waals surface area contributed by atoms with E-state index in [1.807, 2.05) is 14.0 Å². The Labute approximate surface area is 112 Å². The van der Waals surface area contributed by atoms with Gasteiger partial charge < -0.3 is 19.5 Å². The fourth-order valence-electron chi connectivity index (χ4n) is 2.00. The molecule has 1 aliphatic heterocycles. The van der Waals surface area contributed by atoms with Gasteiger partial charge in [0.25, 0.3) is 0 Å². The fourth-order valence-corrected chi connectivity index (χ4v) is 2.00. The Hall–Kier alpha value is -1.17. The van der Waals surface area contributed by atoms with Crippen LogP contribution in [0.3, 0.4) is 0 Å². The van der Waals surface area contributed by atoms with Crippen LogP contribution in [0.4, 0.5) is 4.39 Å². The van der Waals surface area contributed by atoms with Crippen molar-refractivity contribution in [3.8, 4) is 5.75 Å². The highest BCUT2D eigenvalue weighted by Crippen LogP contribution is 2.32. The lowest BCUT2D eigenvalue weighted by molar-refractivity contribution is -0.272. The zero-order chi connectivity index (χ0) is 13.9. The molecule has 0 aromatic heterocycles. The summed E-state index contributed by atoms with van der Waals surface area (Å²) in [5.41, 5.74) is 0.656. The van der Waals surface area contributed by atoms with Crippen LogP contribution in [-0.4, -0.2) is 32.9 Å². The third kappa shape index (κ3) is 3.05. The monoisotopic (exact) mass is 269 g/mol. The molecular formula is C14H20FNO3. The van der Waals surface area contributed by atoms with E-state index in [2.05, 4.69) is 5.32 Å². The van der Waals surface area contributed by atoms with Crippen LogP contribution in [0.1, 0.15) is 19.4 Å². The minimum Gasteiger partial charge on any atom is -0.491 e. The lowest BCUT2D eigenvalue weighted by Crippen LogP contribution is -2.47. The van der Waals surface area contributed by atoms with Crippen LogP contribution in [0.25, 0.3) is 0 Å². The maximum Gasteiger partial charge on any atom is 0.192 e. The molecule has 1 aromatic carbocycles. The number of rotatable bonds is 4. The Bertz CT molecular complexity index is 431. The lowest BCUT2D eigenvalue weighted by Gasteiger charge is -2.37. The molecule has 0 amide bonds. The van der Waals surface area contributed by atoms with E-state index >= 15 is 0 Å². The summed E-state index contributed by atoms with van der Waals surface area (Å²) in [6.07, 6.45) is 0. The standard InChI is InChI=1S/C14H20FNO3/c1-4-17-13-6-5-10(7-12(13)15)14(2)18-8-11(16-3)9-19-14/h5-7,11,16H,4,8-9H2,1-3H3. The second-order valence-electron chi connectivity index (χ2n) is 4.63. The van der Waals surface area contributed by atoms with Crippen LogP contribution < -0.4 is 10.1 Å². The lowest BCUT2D eigenvalue weighted by atomic mass is 10.1. The Kier molecular flexibility index (Phi) is 4.39. The minimum atomic E-state index is -0.904. The molecule has 1 aliphatic rings. The molecule has 19 heavy (non-hydrogen) atoms. The van der Waals surface area contributed by atoms with E-state index < -0.39 is 11.6 Å². The number of halogens is 1. The van der Waals surface area contributed by atoms with Gasteiger partial charge in [0.05, 0.1) is 25.9 Å².